The maximum atomic E-state index is 12.1. The SMILES string of the molecule is Cc1cc(C(=O)CCC(=O)OCC(=O)NC2CCCC2)c(C)s1. The van der Waals surface area contributed by atoms with Gasteiger partial charge in [-0.25, -0.2) is 0 Å². The van der Waals surface area contributed by atoms with Crippen molar-refractivity contribution in [3.05, 3.63) is 21.4 Å². The molecule has 0 aliphatic heterocycles. The van der Waals surface area contributed by atoms with E-state index in [9.17, 15) is 14.4 Å². The highest BCUT2D eigenvalue weighted by atomic mass is 32.1. The molecule has 1 aliphatic carbocycles. The Bertz CT molecular complexity index is 587. The molecule has 0 unspecified atom stereocenters. The van der Waals surface area contributed by atoms with Crippen LogP contribution in [0.1, 0.15) is 58.6 Å². The summed E-state index contributed by atoms with van der Waals surface area (Å²) in [5, 5.41) is 2.85. The van der Waals surface area contributed by atoms with Gasteiger partial charge in [0.25, 0.3) is 5.91 Å². The molecule has 1 N–H and O–H groups in total. The maximum absolute atomic E-state index is 12.1. The number of nitrogens with one attached hydrogen (secondary N) is 1. The Morgan fingerprint density at radius 1 is 1.22 bits per heavy atom. The van der Waals surface area contributed by atoms with E-state index in [1.54, 1.807) is 11.3 Å². The van der Waals surface area contributed by atoms with Crippen molar-refractivity contribution in [2.75, 3.05) is 6.61 Å². The number of ketones is 1. The third-order valence-electron chi connectivity index (χ3n) is 3.98. The topological polar surface area (TPSA) is 72.5 Å². The first-order valence-corrected chi connectivity index (χ1v) is 8.82. The quantitative estimate of drug-likeness (QED) is 0.613. The number of aryl methyl sites for hydroxylation is 2. The third-order valence-corrected chi connectivity index (χ3v) is 4.95. The first-order valence-electron chi connectivity index (χ1n) is 8.01. The van der Waals surface area contributed by atoms with Gasteiger partial charge in [-0.05, 0) is 32.8 Å². The average molecular weight is 337 g/mol. The molecule has 2 rings (SSSR count). The Labute approximate surface area is 140 Å². The number of carbonyl (C=O) groups excluding carboxylic acids is 3. The standard InChI is InChI=1S/C17H23NO4S/c1-11-9-14(12(2)23-11)15(19)7-8-17(21)22-10-16(20)18-13-5-3-4-6-13/h9,13H,3-8,10H2,1-2H3,(H,18,20). The average Bonchev–Trinajstić information content (AvgIpc) is 3.12. The van der Waals surface area contributed by atoms with Gasteiger partial charge in [0.1, 0.15) is 0 Å². The normalized spacial score (nSPS) is 14.7. The summed E-state index contributed by atoms with van der Waals surface area (Å²) >= 11 is 1.57. The van der Waals surface area contributed by atoms with E-state index in [-0.39, 0.29) is 37.2 Å². The lowest BCUT2D eigenvalue weighted by Crippen LogP contribution is -2.35. The van der Waals surface area contributed by atoms with Crippen molar-refractivity contribution in [3.8, 4) is 0 Å². The monoisotopic (exact) mass is 337 g/mol. The van der Waals surface area contributed by atoms with Crippen LogP contribution in [-0.4, -0.2) is 30.3 Å². The van der Waals surface area contributed by atoms with E-state index >= 15 is 0 Å². The van der Waals surface area contributed by atoms with Gasteiger partial charge in [-0.2, -0.15) is 0 Å². The van der Waals surface area contributed by atoms with Crippen molar-refractivity contribution in [1.29, 1.82) is 0 Å². The summed E-state index contributed by atoms with van der Waals surface area (Å²) in [5.74, 6) is -0.829. The number of hydrogen-bond acceptors (Lipinski definition) is 5. The number of Topliss-reactive ketones (excluding diaryl/α,β-unsaturated/α-hetero) is 1. The van der Waals surface area contributed by atoms with E-state index in [1.807, 2.05) is 19.9 Å². The van der Waals surface area contributed by atoms with Crippen LogP contribution in [0.5, 0.6) is 0 Å². The van der Waals surface area contributed by atoms with Gasteiger partial charge in [0.2, 0.25) is 0 Å². The molecule has 0 atom stereocenters. The predicted molar refractivity (Wildman–Crippen MR) is 88.7 cm³/mol. The molecule has 0 radical (unpaired) electrons. The molecule has 1 aromatic rings. The highest BCUT2D eigenvalue weighted by Crippen LogP contribution is 2.22. The summed E-state index contributed by atoms with van der Waals surface area (Å²) in [7, 11) is 0. The first-order chi connectivity index (χ1) is 11.0. The number of esters is 1. The smallest absolute Gasteiger partial charge is 0.306 e. The van der Waals surface area contributed by atoms with Gasteiger partial charge in [0.15, 0.2) is 12.4 Å². The lowest BCUT2D eigenvalue weighted by molar-refractivity contribution is -0.148. The molecule has 1 heterocycles. The highest BCUT2D eigenvalue weighted by molar-refractivity contribution is 7.12. The molecule has 0 saturated heterocycles. The summed E-state index contributed by atoms with van der Waals surface area (Å²) in [6.45, 7) is 3.59. The number of carbonyl (C=O) groups is 3. The number of hydrogen-bond donors (Lipinski definition) is 1. The van der Waals surface area contributed by atoms with Gasteiger partial charge in [-0.1, -0.05) is 12.8 Å². The van der Waals surface area contributed by atoms with Crippen LogP contribution < -0.4 is 5.32 Å². The van der Waals surface area contributed by atoms with Crippen LogP contribution in [0.3, 0.4) is 0 Å². The van der Waals surface area contributed by atoms with Crippen molar-refractivity contribution in [3.63, 3.8) is 0 Å². The molecule has 1 aromatic heterocycles. The summed E-state index contributed by atoms with van der Waals surface area (Å²) < 4.78 is 4.94. The van der Waals surface area contributed by atoms with Crippen molar-refractivity contribution < 1.29 is 19.1 Å². The fourth-order valence-electron chi connectivity index (χ4n) is 2.82. The highest BCUT2D eigenvalue weighted by Gasteiger charge is 2.18. The lowest BCUT2D eigenvalue weighted by atomic mass is 10.1. The molecule has 1 amide bonds. The third kappa shape index (κ3) is 5.46. The fourth-order valence-corrected chi connectivity index (χ4v) is 3.76. The second-order valence-electron chi connectivity index (χ2n) is 5.96. The van der Waals surface area contributed by atoms with Gasteiger partial charge in [0, 0.05) is 27.8 Å². The van der Waals surface area contributed by atoms with Crippen molar-refractivity contribution in [2.24, 2.45) is 0 Å². The van der Waals surface area contributed by atoms with E-state index in [2.05, 4.69) is 5.32 Å². The molecule has 5 nitrogen and oxygen atoms in total. The molecule has 23 heavy (non-hydrogen) atoms. The van der Waals surface area contributed by atoms with Crippen LogP contribution in [-0.2, 0) is 14.3 Å². The molecule has 1 saturated carbocycles. The Morgan fingerprint density at radius 3 is 2.52 bits per heavy atom. The number of rotatable bonds is 7. The molecular formula is C17H23NO4S. The molecular weight excluding hydrogens is 314 g/mol. The fraction of sp³-hybridized carbons (Fsp3) is 0.588. The number of thiophene rings is 1. The van der Waals surface area contributed by atoms with Crippen LogP contribution in [0.2, 0.25) is 0 Å². The van der Waals surface area contributed by atoms with Crippen molar-refractivity contribution in [2.45, 2.75) is 58.4 Å². The first kappa shape index (κ1) is 17.7. The zero-order valence-corrected chi connectivity index (χ0v) is 14.5. The Kier molecular flexibility index (Phi) is 6.33. The maximum Gasteiger partial charge on any atom is 0.306 e. The van der Waals surface area contributed by atoms with Crippen molar-refractivity contribution in [1.82, 2.24) is 5.32 Å². The van der Waals surface area contributed by atoms with Gasteiger partial charge >= 0.3 is 5.97 Å². The summed E-state index contributed by atoms with van der Waals surface area (Å²) in [5.41, 5.74) is 0.680. The van der Waals surface area contributed by atoms with Crippen LogP contribution in [0.25, 0.3) is 0 Å². The summed E-state index contributed by atoms with van der Waals surface area (Å²) in [6.07, 6.45) is 4.37. The largest absolute Gasteiger partial charge is 0.456 e. The molecule has 1 aliphatic rings. The zero-order valence-electron chi connectivity index (χ0n) is 13.6. The summed E-state index contributed by atoms with van der Waals surface area (Å²) in [6, 6.07) is 2.07. The van der Waals surface area contributed by atoms with E-state index in [1.165, 1.54) is 0 Å². The Balaban J connectivity index is 1.67. The molecule has 0 spiro atoms. The molecule has 1 fully saturated rings. The van der Waals surface area contributed by atoms with E-state index in [0.29, 0.717) is 5.56 Å². The molecule has 0 bridgehead atoms. The lowest BCUT2D eigenvalue weighted by Gasteiger charge is -2.11. The molecule has 126 valence electrons. The number of amides is 1. The zero-order chi connectivity index (χ0) is 16.8. The van der Waals surface area contributed by atoms with E-state index in [0.717, 1.165) is 35.4 Å². The van der Waals surface area contributed by atoms with Gasteiger partial charge in [-0.15, -0.1) is 11.3 Å². The second kappa shape index (κ2) is 8.24. The van der Waals surface area contributed by atoms with Gasteiger partial charge in [0.05, 0.1) is 6.42 Å². The minimum Gasteiger partial charge on any atom is -0.456 e. The van der Waals surface area contributed by atoms with Crippen LogP contribution in [0, 0.1) is 13.8 Å². The van der Waals surface area contributed by atoms with Crippen LogP contribution in [0.4, 0.5) is 0 Å². The minimum absolute atomic E-state index is 0.00385. The second-order valence-corrected chi connectivity index (χ2v) is 7.42. The van der Waals surface area contributed by atoms with Crippen LogP contribution in [0.15, 0.2) is 6.07 Å². The minimum atomic E-state index is -0.510. The van der Waals surface area contributed by atoms with E-state index in [4.69, 9.17) is 4.74 Å². The molecule has 6 heteroatoms. The van der Waals surface area contributed by atoms with Crippen LogP contribution >= 0.6 is 11.3 Å². The summed E-state index contributed by atoms with van der Waals surface area (Å²) in [4.78, 5) is 37.4. The molecule has 0 aromatic carbocycles. The van der Waals surface area contributed by atoms with E-state index < -0.39 is 5.97 Å². The van der Waals surface area contributed by atoms with Crippen molar-refractivity contribution >= 4 is 29.0 Å². The van der Waals surface area contributed by atoms with Gasteiger partial charge < -0.3 is 10.1 Å². The number of ether oxygens (including phenoxy) is 1. The van der Waals surface area contributed by atoms with Gasteiger partial charge in [-0.3, -0.25) is 14.4 Å². The predicted octanol–water partition coefficient (Wildman–Crippen LogP) is 2.93. The Morgan fingerprint density at radius 2 is 1.91 bits per heavy atom. The Hall–Kier alpha value is -1.69.